The number of rotatable bonds is 2. The minimum Gasteiger partial charge on any atom is -0.385 e. The van der Waals surface area contributed by atoms with Crippen molar-refractivity contribution in [3.8, 4) is 0 Å². The van der Waals surface area contributed by atoms with Gasteiger partial charge in [-0.2, -0.15) is 0 Å². The third-order valence-electron chi connectivity index (χ3n) is 2.54. The van der Waals surface area contributed by atoms with Gasteiger partial charge in [0.1, 0.15) is 0 Å². The third kappa shape index (κ3) is 2.72. The summed E-state index contributed by atoms with van der Waals surface area (Å²) < 4.78 is 22.3. The molecule has 0 amide bonds. The second-order valence-corrected chi connectivity index (χ2v) is 6.23. The molecule has 0 spiro atoms. The number of aryl methyl sites for hydroxylation is 1. The smallest absolute Gasteiger partial charge is 0.151 e. The number of fused-ring (bicyclic) bond motifs is 1. The maximum absolute atomic E-state index is 11.2. The van der Waals surface area contributed by atoms with Crippen molar-refractivity contribution in [3.63, 3.8) is 0 Å². The van der Waals surface area contributed by atoms with Crippen LogP contribution in [0.5, 0.6) is 0 Å². The molecule has 0 atom stereocenters. The fraction of sp³-hybridized carbons (Fsp3) is 0.455. The largest absolute Gasteiger partial charge is 0.385 e. The van der Waals surface area contributed by atoms with Gasteiger partial charge in [-0.05, 0) is 30.0 Å². The molecule has 0 unspecified atom stereocenters. The number of anilines is 1. The van der Waals surface area contributed by atoms with Gasteiger partial charge in [-0.15, -0.1) is 0 Å². The quantitative estimate of drug-likeness (QED) is 0.831. The SMILES string of the molecule is CS(=O)(=O)Cc1ccc2c(c1)CCCN2. The Hall–Kier alpha value is -1.03. The van der Waals surface area contributed by atoms with Gasteiger partial charge in [0, 0.05) is 18.5 Å². The number of sulfone groups is 1. The Labute approximate surface area is 90.4 Å². The van der Waals surface area contributed by atoms with Crippen molar-refractivity contribution in [3.05, 3.63) is 29.3 Å². The van der Waals surface area contributed by atoms with Crippen molar-refractivity contribution >= 4 is 15.5 Å². The molecule has 0 bridgehead atoms. The zero-order valence-electron chi connectivity index (χ0n) is 8.79. The predicted octanol–water partition coefficient (Wildman–Crippen LogP) is 1.59. The van der Waals surface area contributed by atoms with Gasteiger partial charge in [-0.25, -0.2) is 8.42 Å². The molecule has 0 aromatic heterocycles. The molecule has 0 saturated carbocycles. The number of nitrogens with one attached hydrogen (secondary N) is 1. The molecule has 0 aliphatic carbocycles. The van der Waals surface area contributed by atoms with E-state index in [1.807, 2.05) is 18.2 Å². The van der Waals surface area contributed by atoms with Crippen molar-refractivity contribution in [2.24, 2.45) is 0 Å². The molecule has 3 nitrogen and oxygen atoms in total. The van der Waals surface area contributed by atoms with E-state index < -0.39 is 9.84 Å². The Kier molecular flexibility index (Phi) is 2.69. The first kappa shape index (κ1) is 10.5. The van der Waals surface area contributed by atoms with E-state index >= 15 is 0 Å². The van der Waals surface area contributed by atoms with E-state index in [9.17, 15) is 8.42 Å². The molecule has 1 heterocycles. The van der Waals surface area contributed by atoms with E-state index in [4.69, 9.17) is 0 Å². The van der Waals surface area contributed by atoms with Crippen LogP contribution in [0.1, 0.15) is 17.5 Å². The molecule has 1 aromatic carbocycles. The highest BCUT2D eigenvalue weighted by molar-refractivity contribution is 7.89. The van der Waals surface area contributed by atoms with Crippen LogP contribution < -0.4 is 5.32 Å². The summed E-state index contributed by atoms with van der Waals surface area (Å²) in [5.74, 6) is 0.139. The van der Waals surface area contributed by atoms with Gasteiger partial charge in [0.2, 0.25) is 0 Å². The summed E-state index contributed by atoms with van der Waals surface area (Å²) in [7, 11) is -2.92. The van der Waals surface area contributed by atoms with E-state index in [0.717, 1.165) is 30.6 Å². The van der Waals surface area contributed by atoms with Crippen LogP contribution in [-0.2, 0) is 22.0 Å². The van der Waals surface area contributed by atoms with Crippen LogP contribution in [0.2, 0.25) is 0 Å². The zero-order valence-corrected chi connectivity index (χ0v) is 9.60. The van der Waals surface area contributed by atoms with Crippen molar-refractivity contribution < 1.29 is 8.42 Å². The summed E-state index contributed by atoms with van der Waals surface area (Å²) in [6.45, 7) is 1.01. The standard InChI is InChI=1S/C11H15NO2S/c1-15(13,14)8-9-4-5-11-10(7-9)3-2-6-12-11/h4-5,7,12H,2-3,6,8H2,1H3. The summed E-state index contributed by atoms with van der Waals surface area (Å²) in [6.07, 6.45) is 3.43. The number of hydrogen-bond acceptors (Lipinski definition) is 3. The molecule has 1 aliphatic heterocycles. The van der Waals surface area contributed by atoms with Gasteiger partial charge in [0.05, 0.1) is 5.75 Å². The minimum absolute atomic E-state index is 0.139. The molecule has 1 aromatic rings. The number of benzene rings is 1. The van der Waals surface area contributed by atoms with Crippen LogP contribution in [0.25, 0.3) is 0 Å². The lowest BCUT2D eigenvalue weighted by Crippen LogP contribution is -2.12. The monoisotopic (exact) mass is 225 g/mol. The summed E-state index contributed by atoms with van der Waals surface area (Å²) >= 11 is 0. The molecule has 0 saturated heterocycles. The maximum atomic E-state index is 11.2. The van der Waals surface area contributed by atoms with Gasteiger partial charge in [0.15, 0.2) is 9.84 Å². The first-order chi connectivity index (χ1) is 7.04. The van der Waals surface area contributed by atoms with Crippen molar-refractivity contribution in [1.82, 2.24) is 0 Å². The number of hydrogen-bond donors (Lipinski definition) is 1. The second-order valence-electron chi connectivity index (χ2n) is 4.09. The molecule has 4 heteroatoms. The normalized spacial score (nSPS) is 15.5. The molecular weight excluding hydrogens is 210 g/mol. The minimum atomic E-state index is -2.92. The summed E-state index contributed by atoms with van der Waals surface area (Å²) in [5.41, 5.74) is 3.28. The predicted molar refractivity (Wildman–Crippen MR) is 61.8 cm³/mol. The lowest BCUT2D eigenvalue weighted by molar-refractivity contribution is 0.601. The van der Waals surface area contributed by atoms with Gasteiger partial charge in [0.25, 0.3) is 0 Å². The highest BCUT2D eigenvalue weighted by Gasteiger charge is 2.10. The maximum Gasteiger partial charge on any atom is 0.151 e. The Morgan fingerprint density at radius 3 is 2.93 bits per heavy atom. The fourth-order valence-electron chi connectivity index (χ4n) is 1.92. The Morgan fingerprint density at radius 1 is 1.40 bits per heavy atom. The highest BCUT2D eigenvalue weighted by atomic mass is 32.2. The van der Waals surface area contributed by atoms with Gasteiger partial charge in [-0.3, -0.25) is 0 Å². The van der Waals surface area contributed by atoms with Crippen LogP contribution in [0.15, 0.2) is 18.2 Å². The van der Waals surface area contributed by atoms with E-state index in [2.05, 4.69) is 5.32 Å². The first-order valence-electron chi connectivity index (χ1n) is 5.08. The van der Waals surface area contributed by atoms with Crippen LogP contribution >= 0.6 is 0 Å². The Morgan fingerprint density at radius 2 is 2.20 bits per heavy atom. The molecular formula is C11H15NO2S. The van der Waals surface area contributed by atoms with Crippen LogP contribution in [-0.4, -0.2) is 21.2 Å². The first-order valence-corrected chi connectivity index (χ1v) is 7.14. The van der Waals surface area contributed by atoms with Crippen molar-refractivity contribution in [2.45, 2.75) is 18.6 Å². The van der Waals surface area contributed by atoms with E-state index in [1.54, 1.807) is 0 Å². The van der Waals surface area contributed by atoms with Crippen LogP contribution in [0, 0.1) is 0 Å². The molecule has 2 rings (SSSR count). The van der Waals surface area contributed by atoms with Gasteiger partial charge in [-0.1, -0.05) is 12.1 Å². The van der Waals surface area contributed by atoms with E-state index in [-0.39, 0.29) is 5.75 Å². The average molecular weight is 225 g/mol. The van der Waals surface area contributed by atoms with E-state index in [1.165, 1.54) is 11.8 Å². The highest BCUT2D eigenvalue weighted by Crippen LogP contribution is 2.23. The lowest BCUT2D eigenvalue weighted by Gasteiger charge is -2.18. The van der Waals surface area contributed by atoms with Crippen molar-refractivity contribution in [2.75, 3.05) is 18.1 Å². The molecule has 0 radical (unpaired) electrons. The molecule has 15 heavy (non-hydrogen) atoms. The summed E-state index contributed by atoms with van der Waals surface area (Å²) in [6, 6.07) is 5.87. The molecule has 0 fully saturated rings. The van der Waals surface area contributed by atoms with E-state index in [0.29, 0.717) is 0 Å². The summed E-state index contributed by atoms with van der Waals surface area (Å²) in [4.78, 5) is 0. The second kappa shape index (κ2) is 3.85. The fourth-order valence-corrected chi connectivity index (χ4v) is 2.71. The Bertz CT molecular complexity index is 465. The molecule has 82 valence electrons. The Balaban J connectivity index is 2.28. The lowest BCUT2D eigenvalue weighted by atomic mass is 10.0. The average Bonchev–Trinajstić information content (AvgIpc) is 2.15. The van der Waals surface area contributed by atoms with Crippen molar-refractivity contribution in [1.29, 1.82) is 0 Å². The van der Waals surface area contributed by atoms with Crippen LogP contribution in [0.3, 0.4) is 0 Å². The molecule has 1 aliphatic rings. The van der Waals surface area contributed by atoms with Gasteiger partial charge < -0.3 is 5.32 Å². The molecule has 1 N–H and O–H groups in total. The zero-order chi connectivity index (χ0) is 10.9. The third-order valence-corrected chi connectivity index (χ3v) is 3.39. The van der Waals surface area contributed by atoms with Gasteiger partial charge >= 0.3 is 0 Å². The summed E-state index contributed by atoms with van der Waals surface area (Å²) in [5, 5.41) is 3.30. The van der Waals surface area contributed by atoms with Crippen LogP contribution in [0.4, 0.5) is 5.69 Å². The topological polar surface area (TPSA) is 46.2 Å².